The monoisotopic (exact) mass is 402 g/mol. The summed E-state index contributed by atoms with van der Waals surface area (Å²) in [6.45, 7) is 1.56. The molecule has 0 bridgehead atoms. The highest BCUT2D eigenvalue weighted by atomic mass is 35.5. The highest BCUT2D eigenvalue weighted by Gasteiger charge is 2.61. The van der Waals surface area contributed by atoms with E-state index in [4.69, 9.17) is 31.5 Å². The van der Waals surface area contributed by atoms with Gasteiger partial charge >= 0.3 is 11.9 Å². The van der Waals surface area contributed by atoms with Gasteiger partial charge in [0.25, 0.3) is 0 Å². The zero-order valence-electron chi connectivity index (χ0n) is 15.1. The predicted molar refractivity (Wildman–Crippen MR) is 96.5 cm³/mol. The molecule has 2 heterocycles. The van der Waals surface area contributed by atoms with Crippen molar-refractivity contribution >= 4 is 23.5 Å². The number of esters is 2. The minimum Gasteiger partial charge on any atom is -0.468 e. The Morgan fingerprint density at radius 1 is 1.25 bits per heavy atom. The van der Waals surface area contributed by atoms with Crippen molar-refractivity contribution in [2.24, 2.45) is 5.73 Å². The summed E-state index contributed by atoms with van der Waals surface area (Å²) in [6, 6.07) is 8.37. The van der Waals surface area contributed by atoms with Crippen LogP contribution in [-0.4, -0.2) is 35.9 Å². The second kappa shape index (κ2) is 6.90. The Morgan fingerprint density at radius 2 is 1.82 bits per heavy atom. The van der Waals surface area contributed by atoms with E-state index in [2.05, 4.69) is 5.10 Å². The van der Waals surface area contributed by atoms with Gasteiger partial charge in [-0.25, -0.2) is 4.68 Å². The second-order valence-corrected chi connectivity index (χ2v) is 6.28. The van der Waals surface area contributed by atoms with Crippen LogP contribution in [0.15, 0.2) is 35.7 Å². The van der Waals surface area contributed by atoms with Gasteiger partial charge in [-0.3, -0.25) is 9.59 Å². The molecule has 144 valence electrons. The van der Waals surface area contributed by atoms with E-state index in [1.807, 2.05) is 0 Å². The number of hydrogen-bond acceptors (Lipinski definition) is 8. The largest absolute Gasteiger partial charge is 0.468 e. The topological polar surface area (TPSA) is 129 Å². The van der Waals surface area contributed by atoms with Gasteiger partial charge in [0, 0.05) is 5.02 Å². The number of nitrogens with two attached hydrogens (primary N) is 1. The minimum atomic E-state index is -2.26. The van der Waals surface area contributed by atoms with E-state index in [-0.39, 0.29) is 17.1 Å². The van der Waals surface area contributed by atoms with Gasteiger partial charge in [-0.1, -0.05) is 11.6 Å². The molecule has 0 saturated heterocycles. The highest BCUT2D eigenvalue weighted by Crippen LogP contribution is 2.47. The normalized spacial score (nSPS) is 14.5. The Balaban J connectivity index is 2.41. The molecule has 1 aliphatic rings. The molecular weight excluding hydrogens is 388 g/mol. The third kappa shape index (κ3) is 2.50. The minimum absolute atomic E-state index is 0.00729. The number of methoxy groups -OCH3 is 2. The lowest BCUT2D eigenvalue weighted by atomic mass is 9.73. The van der Waals surface area contributed by atoms with E-state index in [1.54, 1.807) is 37.3 Å². The first kappa shape index (κ1) is 19.3. The number of carbonyl (C=O) groups is 2. The molecule has 10 heteroatoms. The molecule has 0 spiro atoms. The van der Waals surface area contributed by atoms with E-state index in [0.717, 1.165) is 14.2 Å². The Morgan fingerprint density at radius 3 is 2.32 bits per heavy atom. The summed E-state index contributed by atoms with van der Waals surface area (Å²) in [5, 5.41) is 14.5. The van der Waals surface area contributed by atoms with Crippen molar-refractivity contribution in [2.45, 2.75) is 12.3 Å². The number of aryl methyl sites for hydroxylation is 1. The maximum Gasteiger partial charge on any atom is 0.333 e. The van der Waals surface area contributed by atoms with Crippen molar-refractivity contribution in [3.05, 3.63) is 52.0 Å². The molecule has 0 radical (unpaired) electrons. The van der Waals surface area contributed by atoms with Crippen LogP contribution in [0.5, 0.6) is 5.88 Å². The number of benzene rings is 1. The molecule has 0 unspecified atom stereocenters. The molecule has 1 aliphatic heterocycles. The van der Waals surface area contributed by atoms with Gasteiger partial charge < -0.3 is 19.9 Å². The van der Waals surface area contributed by atoms with Crippen molar-refractivity contribution in [3.8, 4) is 17.6 Å². The van der Waals surface area contributed by atoms with Crippen LogP contribution in [0.3, 0.4) is 0 Å². The third-order valence-corrected chi connectivity index (χ3v) is 4.64. The van der Waals surface area contributed by atoms with Gasteiger partial charge in [-0.15, -0.1) is 0 Å². The zero-order chi connectivity index (χ0) is 20.6. The molecule has 0 saturated carbocycles. The maximum absolute atomic E-state index is 12.8. The summed E-state index contributed by atoms with van der Waals surface area (Å²) in [7, 11) is 2.18. The van der Waals surface area contributed by atoms with E-state index < -0.39 is 28.8 Å². The van der Waals surface area contributed by atoms with Crippen LogP contribution in [0, 0.1) is 18.3 Å². The molecule has 28 heavy (non-hydrogen) atoms. The Kier molecular flexibility index (Phi) is 4.75. The fourth-order valence-electron chi connectivity index (χ4n) is 3.19. The fraction of sp³-hybridized carbons (Fsp3) is 0.222. The number of carbonyl (C=O) groups excluding carboxylic acids is 2. The van der Waals surface area contributed by atoms with Crippen LogP contribution in [0.1, 0.15) is 11.3 Å². The Labute approximate surface area is 164 Å². The van der Waals surface area contributed by atoms with Crippen LogP contribution >= 0.6 is 11.6 Å². The molecule has 0 amide bonds. The van der Waals surface area contributed by atoms with Gasteiger partial charge in [0.05, 0.1) is 31.2 Å². The molecular formula is C18H15ClN4O5. The first-order valence-electron chi connectivity index (χ1n) is 7.93. The Bertz CT molecular complexity index is 1030. The molecule has 3 rings (SSSR count). The molecule has 0 fully saturated rings. The summed E-state index contributed by atoms with van der Waals surface area (Å²) in [5.41, 5.74) is 4.01. The van der Waals surface area contributed by atoms with Gasteiger partial charge in [0.1, 0.15) is 11.6 Å². The van der Waals surface area contributed by atoms with Crippen LogP contribution in [0.25, 0.3) is 5.69 Å². The predicted octanol–water partition coefficient (Wildman–Crippen LogP) is 1.50. The highest BCUT2D eigenvalue weighted by molar-refractivity contribution is 6.30. The van der Waals surface area contributed by atoms with E-state index >= 15 is 0 Å². The van der Waals surface area contributed by atoms with Crippen molar-refractivity contribution in [3.63, 3.8) is 0 Å². The number of hydrogen-bond donors (Lipinski definition) is 1. The molecule has 1 aromatic heterocycles. The smallest absolute Gasteiger partial charge is 0.333 e. The molecule has 9 nitrogen and oxygen atoms in total. The van der Waals surface area contributed by atoms with Gasteiger partial charge in [0.15, 0.2) is 0 Å². The van der Waals surface area contributed by atoms with Gasteiger partial charge in [-0.2, -0.15) is 10.4 Å². The van der Waals surface area contributed by atoms with E-state index in [0.29, 0.717) is 10.7 Å². The number of rotatable bonds is 3. The van der Waals surface area contributed by atoms with Crippen molar-refractivity contribution in [2.75, 3.05) is 14.2 Å². The average molecular weight is 403 g/mol. The van der Waals surface area contributed by atoms with Crippen LogP contribution in [-0.2, 0) is 24.5 Å². The summed E-state index contributed by atoms with van der Waals surface area (Å²) in [4.78, 5) is 25.7. The lowest BCUT2D eigenvalue weighted by Crippen LogP contribution is -2.50. The first-order chi connectivity index (χ1) is 13.3. The van der Waals surface area contributed by atoms with Crippen LogP contribution < -0.4 is 10.5 Å². The SMILES string of the molecule is COC(=O)C1(C(=O)OC)C(C#N)=C(N)Oc2c1c(C)nn2-c1ccc(Cl)cc1. The van der Waals surface area contributed by atoms with Gasteiger partial charge in [-0.05, 0) is 31.2 Å². The summed E-state index contributed by atoms with van der Waals surface area (Å²) in [5.74, 6) is -2.52. The second-order valence-electron chi connectivity index (χ2n) is 5.84. The number of nitriles is 1. The Hall–Kier alpha value is -3.51. The average Bonchev–Trinajstić information content (AvgIpc) is 3.02. The third-order valence-electron chi connectivity index (χ3n) is 4.39. The maximum atomic E-state index is 12.8. The number of halogens is 1. The summed E-state index contributed by atoms with van der Waals surface area (Å²) >= 11 is 5.93. The lowest BCUT2D eigenvalue weighted by molar-refractivity contribution is -0.160. The van der Waals surface area contributed by atoms with Crippen molar-refractivity contribution in [1.82, 2.24) is 9.78 Å². The molecule has 1 aromatic carbocycles. The molecule has 0 atom stereocenters. The standard InChI is InChI=1S/C18H15ClN4O5/c1-9-13-15(23(22-9)11-6-4-10(19)5-7-11)28-14(21)12(8-20)18(13,16(24)26-2)17(25)27-3/h4-7H,21H2,1-3H3. The molecule has 2 N–H and O–H groups in total. The van der Waals surface area contributed by atoms with Crippen LogP contribution in [0.4, 0.5) is 0 Å². The summed E-state index contributed by atoms with van der Waals surface area (Å²) < 4.78 is 16.6. The zero-order valence-corrected chi connectivity index (χ0v) is 15.9. The molecule has 2 aromatic rings. The first-order valence-corrected chi connectivity index (χ1v) is 8.31. The van der Waals surface area contributed by atoms with Crippen molar-refractivity contribution < 1.29 is 23.8 Å². The quantitative estimate of drug-likeness (QED) is 0.604. The number of nitrogens with zero attached hydrogens (tertiary/aromatic N) is 3. The number of aromatic nitrogens is 2. The summed E-state index contributed by atoms with van der Waals surface area (Å²) in [6.07, 6.45) is 0. The van der Waals surface area contributed by atoms with E-state index in [1.165, 1.54) is 4.68 Å². The van der Waals surface area contributed by atoms with Crippen molar-refractivity contribution in [1.29, 1.82) is 5.26 Å². The fourth-order valence-corrected chi connectivity index (χ4v) is 3.32. The number of ether oxygens (including phenoxy) is 3. The number of fused-ring (bicyclic) bond motifs is 1. The molecule has 0 aliphatic carbocycles. The lowest BCUT2D eigenvalue weighted by Gasteiger charge is -2.32. The van der Waals surface area contributed by atoms with E-state index in [9.17, 15) is 14.9 Å². The van der Waals surface area contributed by atoms with Crippen LogP contribution in [0.2, 0.25) is 5.02 Å². The van der Waals surface area contributed by atoms with Gasteiger partial charge in [0.2, 0.25) is 17.2 Å².